The van der Waals surface area contributed by atoms with Crippen molar-refractivity contribution in [2.75, 3.05) is 6.54 Å². The Hall–Kier alpha value is -2.41. The number of imide groups is 2. The molecule has 1 aromatic carbocycles. The Morgan fingerprint density at radius 1 is 1.15 bits per heavy atom. The smallest absolute Gasteiger partial charge is 0.334 e. The van der Waals surface area contributed by atoms with Gasteiger partial charge in [-0.15, -0.1) is 0 Å². The third-order valence-electron chi connectivity index (χ3n) is 4.82. The van der Waals surface area contributed by atoms with E-state index in [2.05, 4.69) is 5.32 Å². The maximum absolute atomic E-state index is 12.5. The molecular formula is C18H20ClN3O4. The molecule has 1 aliphatic carbocycles. The number of amides is 5. The van der Waals surface area contributed by atoms with Gasteiger partial charge >= 0.3 is 17.8 Å². The summed E-state index contributed by atoms with van der Waals surface area (Å²) in [5, 5.41) is 3.31. The van der Waals surface area contributed by atoms with Crippen molar-refractivity contribution >= 4 is 35.4 Å². The zero-order valence-electron chi connectivity index (χ0n) is 14.4. The van der Waals surface area contributed by atoms with Crippen LogP contribution in [0.4, 0.5) is 4.79 Å². The van der Waals surface area contributed by atoms with Crippen molar-refractivity contribution in [1.29, 1.82) is 0 Å². The highest BCUT2D eigenvalue weighted by atomic mass is 35.5. The molecule has 7 nitrogen and oxygen atoms in total. The van der Waals surface area contributed by atoms with Crippen LogP contribution in [0.25, 0.3) is 0 Å². The summed E-state index contributed by atoms with van der Waals surface area (Å²) in [6, 6.07) is 5.74. The van der Waals surface area contributed by atoms with Crippen molar-refractivity contribution in [2.24, 2.45) is 0 Å². The summed E-state index contributed by atoms with van der Waals surface area (Å²) in [5.74, 6) is -2.27. The maximum Gasteiger partial charge on any atom is 0.334 e. The molecule has 1 aromatic rings. The number of benzene rings is 1. The molecule has 0 aromatic heterocycles. The minimum absolute atomic E-state index is 0.236. The van der Waals surface area contributed by atoms with Crippen molar-refractivity contribution in [3.63, 3.8) is 0 Å². The molecular weight excluding hydrogens is 358 g/mol. The summed E-state index contributed by atoms with van der Waals surface area (Å²) in [6.45, 7) is 1.31. The quantitative estimate of drug-likeness (QED) is 0.629. The predicted molar refractivity (Wildman–Crippen MR) is 94.2 cm³/mol. The molecule has 26 heavy (non-hydrogen) atoms. The van der Waals surface area contributed by atoms with Gasteiger partial charge in [0, 0.05) is 11.1 Å². The van der Waals surface area contributed by atoms with E-state index in [-0.39, 0.29) is 12.1 Å². The molecule has 5 amide bonds. The second-order valence-corrected chi connectivity index (χ2v) is 7.06. The number of carbonyl (C=O) groups excluding carboxylic acids is 4. The number of hydrogen-bond acceptors (Lipinski definition) is 4. The highest BCUT2D eigenvalue weighted by Crippen LogP contribution is 2.27. The minimum atomic E-state index is -0.934. The van der Waals surface area contributed by atoms with Crippen LogP contribution >= 0.6 is 11.6 Å². The van der Waals surface area contributed by atoms with Crippen molar-refractivity contribution in [1.82, 2.24) is 15.1 Å². The van der Waals surface area contributed by atoms with E-state index in [0.717, 1.165) is 28.2 Å². The molecule has 1 atom stereocenters. The van der Waals surface area contributed by atoms with Crippen LogP contribution < -0.4 is 5.32 Å². The Morgan fingerprint density at radius 3 is 2.38 bits per heavy atom. The molecule has 1 saturated carbocycles. The van der Waals surface area contributed by atoms with Crippen LogP contribution in [0.5, 0.6) is 0 Å². The van der Waals surface area contributed by atoms with Gasteiger partial charge in [-0.2, -0.15) is 0 Å². The number of nitrogens with one attached hydrogen (secondary N) is 1. The molecule has 8 heteroatoms. The average molecular weight is 378 g/mol. The molecule has 2 aliphatic rings. The van der Waals surface area contributed by atoms with E-state index in [9.17, 15) is 19.2 Å². The molecule has 0 unspecified atom stereocenters. The fourth-order valence-electron chi connectivity index (χ4n) is 3.41. The normalized spacial score (nSPS) is 19.4. The van der Waals surface area contributed by atoms with E-state index in [4.69, 9.17) is 11.6 Å². The first-order valence-electron chi connectivity index (χ1n) is 8.62. The second-order valence-electron chi connectivity index (χ2n) is 6.63. The fourth-order valence-corrected chi connectivity index (χ4v) is 3.54. The Bertz CT molecular complexity index is 743. The van der Waals surface area contributed by atoms with Gasteiger partial charge in [0.25, 0.3) is 0 Å². The van der Waals surface area contributed by atoms with Gasteiger partial charge in [-0.1, -0.05) is 36.6 Å². The van der Waals surface area contributed by atoms with Crippen LogP contribution in [0.3, 0.4) is 0 Å². The van der Waals surface area contributed by atoms with Crippen molar-refractivity contribution in [2.45, 2.75) is 44.7 Å². The molecule has 3 rings (SSSR count). The van der Waals surface area contributed by atoms with E-state index in [1.807, 2.05) is 0 Å². The van der Waals surface area contributed by atoms with Crippen LogP contribution in [-0.4, -0.2) is 46.1 Å². The second kappa shape index (κ2) is 7.45. The number of carbonyl (C=O) groups is 4. The molecule has 0 bridgehead atoms. The molecule has 0 spiro atoms. The molecule has 0 radical (unpaired) electrons. The lowest BCUT2D eigenvalue weighted by molar-refractivity contribution is -0.144. The van der Waals surface area contributed by atoms with Gasteiger partial charge in [-0.3, -0.25) is 19.3 Å². The van der Waals surface area contributed by atoms with Crippen molar-refractivity contribution < 1.29 is 19.2 Å². The van der Waals surface area contributed by atoms with Gasteiger partial charge in [0.15, 0.2) is 0 Å². The zero-order valence-corrected chi connectivity index (χ0v) is 15.2. The number of hydrogen-bond donors (Lipinski definition) is 1. The van der Waals surface area contributed by atoms with E-state index in [0.29, 0.717) is 17.9 Å². The predicted octanol–water partition coefficient (Wildman–Crippen LogP) is 2.25. The Labute approximate surface area is 156 Å². The molecule has 1 heterocycles. The molecule has 138 valence electrons. The molecule has 1 aliphatic heterocycles. The summed E-state index contributed by atoms with van der Waals surface area (Å²) < 4.78 is 0. The molecule has 1 N–H and O–H groups in total. The SMILES string of the molecule is C[C@@H](NC(=O)CN1C(=O)C(=O)N(C2CCCC2)C1=O)c1ccc(Cl)cc1. The van der Waals surface area contributed by atoms with Crippen LogP contribution in [0, 0.1) is 0 Å². The average Bonchev–Trinajstić information content (AvgIpc) is 3.19. The van der Waals surface area contributed by atoms with E-state index < -0.39 is 30.3 Å². The Balaban J connectivity index is 1.63. The monoisotopic (exact) mass is 377 g/mol. The number of nitrogens with zero attached hydrogens (tertiary/aromatic N) is 2. The van der Waals surface area contributed by atoms with Crippen molar-refractivity contribution in [3.05, 3.63) is 34.9 Å². The van der Waals surface area contributed by atoms with E-state index in [1.54, 1.807) is 31.2 Å². The van der Waals surface area contributed by atoms with Crippen LogP contribution in [0.15, 0.2) is 24.3 Å². The Morgan fingerprint density at radius 2 is 1.77 bits per heavy atom. The van der Waals surface area contributed by atoms with Gasteiger partial charge < -0.3 is 5.32 Å². The lowest BCUT2D eigenvalue weighted by Crippen LogP contribution is -2.43. The first-order chi connectivity index (χ1) is 12.4. The lowest BCUT2D eigenvalue weighted by Gasteiger charge is -2.21. The van der Waals surface area contributed by atoms with Crippen LogP contribution in [0.2, 0.25) is 5.02 Å². The third-order valence-corrected chi connectivity index (χ3v) is 5.07. The lowest BCUT2D eigenvalue weighted by atomic mass is 10.1. The number of rotatable bonds is 5. The standard InChI is InChI=1S/C18H20ClN3O4/c1-11(12-6-8-13(19)9-7-12)20-15(23)10-21-16(24)17(25)22(18(21)26)14-4-2-3-5-14/h6-9,11,14H,2-5,10H2,1H3,(H,20,23)/t11-/m1/s1. The summed E-state index contributed by atoms with van der Waals surface area (Å²) in [6.07, 6.45) is 3.26. The van der Waals surface area contributed by atoms with Crippen LogP contribution in [0.1, 0.15) is 44.2 Å². The summed E-state index contributed by atoms with van der Waals surface area (Å²) in [5.41, 5.74) is 0.838. The van der Waals surface area contributed by atoms with Gasteiger partial charge in [0.1, 0.15) is 6.54 Å². The van der Waals surface area contributed by atoms with Crippen molar-refractivity contribution in [3.8, 4) is 0 Å². The van der Waals surface area contributed by atoms with Gasteiger partial charge in [0.2, 0.25) is 5.91 Å². The van der Waals surface area contributed by atoms with Gasteiger partial charge in [0.05, 0.1) is 6.04 Å². The third kappa shape index (κ3) is 3.58. The summed E-state index contributed by atoms with van der Waals surface area (Å²) in [7, 11) is 0. The number of halogens is 1. The Kier molecular flexibility index (Phi) is 5.27. The number of urea groups is 1. The summed E-state index contributed by atoms with van der Waals surface area (Å²) >= 11 is 5.84. The van der Waals surface area contributed by atoms with Gasteiger partial charge in [-0.25, -0.2) is 9.69 Å². The zero-order chi connectivity index (χ0) is 18.8. The molecule has 1 saturated heterocycles. The highest BCUT2D eigenvalue weighted by molar-refractivity contribution is 6.45. The highest BCUT2D eigenvalue weighted by Gasteiger charge is 2.48. The summed E-state index contributed by atoms with van der Waals surface area (Å²) in [4.78, 5) is 50.7. The first-order valence-corrected chi connectivity index (χ1v) is 9.00. The van der Waals surface area contributed by atoms with E-state index in [1.165, 1.54) is 0 Å². The maximum atomic E-state index is 12.5. The van der Waals surface area contributed by atoms with Gasteiger partial charge in [-0.05, 0) is 37.5 Å². The first kappa shape index (κ1) is 18.4. The largest absolute Gasteiger partial charge is 0.348 e. The molecule has 2 fully saturated rings. The topological polar surface area (TPSA) is 86.8 Å². The van der Waals surface area contributed by atoms with E-state index >= 15 is 0 Å². The van der Waals surface area contributed by atoms with Crippen LogP contribution in [-0.2, 0) is 14.4 Å². The fraction of sp³-hybridized carbons (Fsp3) is 0.444. The minimum Gasteiger partial charge on any atom is -0.348 e.